The lowest BCUT2D eigenvalue weighted by Crippen LogP contribution is -2.37. The van der Waals surface area contributed by atoms with Crippen molar-refractivity contribution in [1.29, 1.82) is 0 Å². The van der Waals surface area contributed by atoms with Crippen LogP contribution in [0.25, 0.3) is 0 Å². The van der Waals surface area contributed by atoms with E-state index in [0.29, 0.717) is 5.69 Å². The summed E-state index contributed by atoms with van der Waals surface area (Å²) in [5, 5.41) is 1.68. The Balaban J connectivity index is 1.57. The van der Waals surface area contributed by atoms with Crippen molar-refractivity contribution in [3.05, 3.63) is 95.8 Å². The maximum atomic E-state index is 13.6. The second-order valence-electron chi connectivity index (χ2n) is 9.52. The van der Waals surface area contributed by atoms with Gasteiger partial charge in [0.2, 0.25) is 5.91 Å². The topological polar surface area (TPSA) is 49.9 Å². The van der Waals surface area contributed by atoms with Crippen LogP contribution in [-0.4, -0.2) is 17.9 Å². The molecule has 0 saturated carbocycles. The molecule has 33 heavy (non-hydrogen) atoms. The van der Waals surface area contributed by atoms with E-state index in [1.54, 1.807) is 5.06 Å². The molecule has 0 aromatic heterocycles. The predicted molar refractivity (Wildman–Crippen MR) is 124 cm³/mol. The average Bonchev–Trinajstić information content (AvgIpc) is 3.31. The first kappa shape index (κ1) is 21.3. The summed E-state index contributed by atoms with van der Waals surface area (Å²) < 4.78 is 13.4. The summed E-state index contributed by atoms with van der Waals surface area (Å²) >= 11 is 0. The van der Waals surface area contributed by atoms with Gasteiger partial charge in [-0.2, -0.15) is 0 Å². The van der Waals surface area contributed by atoms with Crippen molar-refractivity contribution >= 4 is 23.2 Å². The second-order valence-corrected chi connectivity index (χ2v) is 9.52. The van der Waals surface area contributed by atoms with Crippen LogP contribution in [0.2, 0.25) is 0 Å². The van der Waals surface area contributed by atoms with Gasteiger partial charge in [0.15, 0.2) is 6.10 Å². The van der Waals surface area contributed by atoms with Crippen molar-refractivity contribution < 1.29 is 18.8 Å². The summed E-state index contributed by atoms with van der Waals surface area (Å²) in [5.41, 5.74) is 3.17. The number of imide groups is 1. The fourth-order valence-corrected chi connectivity index (χ4v) is 4.58. The van der Waals surface area contributed by atoms with E-state index in [4.69, 9.17) is 4.84 Å². The van der Waals surface area contributed by atoms with Crippen molar-refractivity contribution in [3.63, 3.8) is 0 Å². The van der Waals surface area contributed by atoms with Gasteiger partial charge in [-0.05, 0) is 52.9 Å². The molecule has 0 spiro atoms. The number of nitrogens with zero attached hydrogens (tertiary/aromatic N) is 2. The number of halogens is 1. The zero-order chi connectivity index (χ0) is 23.3. The van der Waals surface area contributed by atoms with Crippen LogP contribution in [0.3, 0.4) is 0 Å². The number of hydrogen-bond acceptors (Lipinski definition) is 4. The van der Waals surface area contributed by atoms with Gasteiger partial charge < -0.3 is 0 Å². The van der Waals surface area contributed by atoms with E-state index in [2.05, 4.69) is 32.9 Å². The van der Waals surface area contributed by atoms with Crippen molar-refractivity contribution in [2.75, 3.05) is 9.96 Å². The molecule has 168 valence electrons. The number of para-hydroxylation sites is 1. The molecule has 0 aliphatic carbocycles. The van der Waals surface area contributed by atoms with E-state index in [-0.39, 0.29) is 11.3 Å². The molecule has 2 saturated heterocycles. The zero-order valence-corrected chi connectivity index (χ0v) is 18.7. The van der Waals surface area contributed by atoms with Crippen molar-refractivity contribution in [2.24, 2.45) is 5.92 Å². The van der Waals surface area contributed by atoms with Crippen LogP contribution >= 0.6 is 0 Å². The standard InChI is InChI=1S/C27H25FN2O3/c1-27(2,3)18-11-9-17(10-12-18)23-22-24(33-30(23)21-7-5-4-6-8-21)26(32)29(25(22)31)20-15-13-19(28)14-16-20/h4-16,22-24H,1-3H3/t22-,23-,24+/m1/s1. The quantitative estimate of drug-likeness (QED) is 0.523. The van der Waals surface area contributed by atoms with Crippen molar-refractivity contribution in [3.8, 4) is 0 Å². The third-order valence-electron chi connectivity index (χ3n) is 6.33. The van der Waals surface area contributed by atoms with Crippen LogP contribution in [0.1, 0.15) is 37.9 Å². The summed E-state index contributed by atoms with van der Waals surface area (Å²) in [6.07, 6.45) is -0.949. The third-order valence-corrected chi connectivity index (χ3v) is 6.33. The molecule has 3 aromatic rings. The van der Waals surface area contributed by atoms with E-state index in [9.17, 15) is 14.0 Å². The molecule has 0 bridgehead atoms. The average molecular weight is 445 g/mol. The lowest BCUT2D eigenvalue weighted by Gasteiger charge is -2.29. The minimum atomic E-state index is -0.949. The first-order valence-corrected chi connectivity index (χ1v) is 11.0. The number of benzene rings is 3. The van der Waals surface area contributed by atoms with Crippen LogP contribution in [0, 0.1) is 11.7 Å². The highest BCUT2D eigenvalue weighted by atomic mass is 19.1. The van der Waals surface area contributed by atoms with E-state index >= 15 is 0 Å². The normalized spacial score (nSPS) is 22.7. The van der Waals surface area contributed by atoms with Crippen LogP contribution in [-0.2, 0) is 19.8 Å². The molecule has 0 radical (unpaired) electrons. The summed E-state index contributed by atoms with van der Waals surface area (Å²) in [6.45, 7) is 6.44. The van der Waals surface area contributed by atoms with Crippen LogP contribution in [0.15, 0.2) is 78.9 Å². The Kier molecular flexibility index (Phi) is 5.05. The van der Waals surface area contributed by atoms with Gasteiger partial charge in [-0.1, -0.05) is 63.2 Å². The molecular formula is C27H25FN2O3. The number of hydroxylamine groups is 1. The molecule has 2 amide bonds. The van der Waals surface area contributed by atoms with Gasteiger partial charge in [0.1, 0.15) is 11.7 Å². The highest BCUT2D eigenvalue weighted by Gasteiger charge is 2.60. The van der Waals surface area contributed by atoms with E-state index in [1.165, 1.54) is 29.8 Å². The molecule has 5 nitrogen and oxygen atoms in total. The molecule has 0 N–H and O–H groups in total. The molecule has 6 heteroatoms. The number of fused-ring (bicyclic) bond motifs is 1. The fourth-order valence-electron chi connectivity index (χ4n) is 4.58. The van der Waals surface area contributed by atoms with Gasteiger partial charge >= 0.3 is 0 Å². The molecule has 0 unspecified atom stereocenters. The Morgan fingerprint density at radius 3 is 2.03 bits per heavy atom. The van der Waals surface area contributed by atoms with Crippen LogP contribution < -0.4 is 9.96 Å². The SMILES string of the molecule is CC(C)(C)c1ccc([C@@H]2[C@H]3C(=O)N(c4ccc(F)cc4)C(=O)[C@H]3ON2c2ccccc2)cc1. The van der Waals surface area contributed by atoms with E-state index in [0.717, 1.165) is 16.2 Å². The number of anilines is 2. The van der Waals surface area contributed by atoms with E-state index in [1.807, 2.05) is 42.5 Å². The Bertz CT molecular complexity index is 1190. The number of carbonyl (C=O) groups is 2. The number of amides is 2. The molecular weight excluding hydrogens is 419 g/mol. The molecule has 2 heterocycles. The van der Waals surface area contributed by atoms with Crippen LogP contribution in [0.4, 0.5) is 15.8 Å². The van der Waals surface area contributed by atoms with Gasteiger partial charge in [-0.15, -0.1) is 0 Å². The Hall–Kier alpha value is -3.51. The molecule has 2 aliphatic rings. The van der Waals surface area contributed by atoms with Crippen molar-refractivity contribution in [1.82, 2.24) is 0 Å². The first-order valence-electron chi connectivity index (χ1n) is 11.0. The van der Waals surface area contributed by atoms with Gasteiger partial charge in [0.25, 0.3) is 5.91 Å². The number of rotatable bonds is 3. The number of hydrogen-bond donors (Lipinski definition) is 0. The molecule has 2 fully saturated rings. The minimum absolute atomic E-state index is 0.00904. The maximum absolute atomic E-state index is 13.6. The monoisotopic (exact) mass is 444 g/mol. The van der Waals surface area contributed by atoms with Gasteiger partial charge in [-0.3, -0.25) is 14.4 Å². The lowest BCUT2D eigenvalue weighted by atomic mass is 9.84. The highest BCUT2D eigenvalue weighted by molar-refractivity contribution is 6.23. The second kappa shape index (κ2) is 7.81. The maximum Gasteiger partial charge on any atom is 0.266 e. The largest absolute Gasteiger partial charge is 0.273 e. The summed E-state index contributed by atoms with van der Waals surface area (Å²) in [4.78, 5) is 34.1. The predicted octanol–water partition coefficient (Wildman–Crippen LogP) is 5.17. The number of carbonyl (C=O) groups excluding carboxylic acids is 2. The molecule has 3 aromatic carbocycles. The smallest absolute Gasteiger partial charge is 0.266 e. The highest BCUT2D eigenvalue weighted by Crippen LogP contribution is 2.47. The van der Waals surface area contributed by atoms with Gasteiger partial charge in [-0.25, -0.2) is 14.4 Å². The zero-order valence-electron chi connectivity index (χ0n) is 18.7. The summed E-state index contributed by atoms with van der Waals surface area (Å²) in [5.74, 6) is -1.93. The lowest BCUT2D eigenvalue weighted by molar-refractivity contribution is -0.126. The Labute approximate surface area is 192 Å². The van der Waals surface area contributed by atoms with Crippen molar-refractivity contribution in [2.45, 2.75) is 38.3 Å². The molecule has 2 aliphatic heterocycles. The Morgan fingerprint density at radius 1 is 0.788 bits per heavy atom. The summed E-state index contributed by atoms with van der Waals surface area (Å²) in [6, 6.07) is 22.5. The van der Waals surface area contributed by atoms with E-state index < -0.39 is 29.8 Å². The summed E-state index contributed by atoms with van der Waals surface area (Å²) in [7, 11) is 0. The fraction of sp³-hybridized carbons (Fsp3) is 0.259. The molecule has 3 atom stereocenters. The minimum Gasteiger partial charge on any atom is -0.273 e. The van der Waals surface area contributed by atoms with Crippen LogP contribution in [0.5, 0.6) is 0 Å². The van der Waals surface area contributed by atoms with Gasteiger partial charge in [0.05, 0.1) is 17.4 Å². The first-order chi connectivity index (χ1) is 15.8. The third kappa shape index (κ3) is 3.60. The molecule has 5 rings (SSSR count). The van der Waals surface area contributed by atoms with Gasteiger partial charge in [0, 0.05) is 0 Å². The Morgan fingerprint density at radius 2 is 1.42 bits per heavy atom.